The van der Waals surface area contributed by atoms with Gasteiger partial charge in [-0.3, -0.25) is 19.8 Å². The molecule has 0 aliphatic carbocycles. The number of hydrogen-bond acceptors (Lipinski definition) is 7. The fourth-order valence-electron chi connectivity index (χ4n) is 3.21. The first-order valence-electron chi connectivity index (χ1n) is 8.34. The zero-order valence-electron chi connectivity index (χ0n) is 14.8. The molecule has 0 atom stereocenters. The smallest absolute Gasteiger partial charge is 0.270 e. The number of nitro groups is 1. The summed E-state index contributed by atoms with van der Waals surface area (Å²) in [5, 5.41) is 14.9. The van der Waals surface area contributed by atoms with Crippen LogP contribution in [-0.4, -0.2) is 47.1 Å². The molecule has 26 heavy (non-hydrogen) atoms. The standard InChI is InChI=1S/C17H21N5O4/c1-11-15(12(2)26-19-11)10-20-5-7-21(8-6-20)16-4-3-13(22(24)25)9-14(16)17(18)23/h3-4,9H,5-8,10H2,1-2H3,(H2,18,23). The Morgan fingerprint density at radius 2 is 2.00 bits per heavy atom. The van der Waals surface area contributed by atoms with E-state index in [0.29, 0.717) is 18.8 Å². The maximum atomic E-state index is 11.7. The van der Waals surface area contributed by atoms with E-state index in [4.69, 9.17) is 10.3 Å². The molecule has 1 aliphatic rings. The molecule has 2 aromatic rings. The van der Waals surface area contributed by atoms with Crippen LogP contribution in [0.15, 0.2) is 22.7 Å². The van der Waals surface area contributed by atoms with E-state index in [1.807, 2.05) is 18.7 Å². The molecular formula is C17H21N5O4. The lowest BCUT2D eigenvalue weighted by atomic mass is 10.1. The maximum Gasteiger partial charge on any atom is 0.270 e. The van der Waals surface area contributed by atoms with Crippen molar-refractivity contribution in [3.8, 4) is 0 Å². The molecule has 9 nitrogen and oxygen atoms in total. The number of aryl methyl sites for hydroxylation is 2. The number of non-ortho nitro benzene ring substituents is 1. The van der Waals surface area contributed by atoms with Crippen molar-refractivity contribution in [1.29, 1.82) is 0 Å². The van der Waals surface area contributed by atoms with Crippen LogP contribution in [0.3, 0.4) is 0 Å². The highest BCUT2D eigenvalue weighted by Crippen LogP contribution is 2.27. The minimum absolute atomic E-state index is 0.139. The second kappa shape index (κ2) is 7.12. The van der Waals surface area contributed by atoms with Crippen LogP contribution in [-0.2, 0) is 6.54 Å². The second-order valence-corrected chi connectivity index (χ2v) is 6.39. The average Bonchev–Trinajstić information content (AvgIpc) is 2.93. The number of rotatable bonds is 5. The zero-order chi connectivity index (χ0) is 18.8. The Bertz CT molecular complexity index is 820. The van der Waals surface area contributed by atoms with Crippen LogP contribution in [0.5, 0.6) is 0 Å². The third kappa shape index (κ3) is 3.52. The molecule has 0 unspecified atom stereocenters. The summed E-state index contributed by atoms with van der Waals surface area (Å²) < 4.78 is 5.21. The van der Waals surface area contributed by atoms with E-state index in [1.165, 1.54) is 12.1 Å². The van der Waals surface area contributed by atoms with Crippen LogP contribution in [0, 0.1) is 24.0 Å². The average molecular weight is 359 g/mol. The molecule has 9 heteroatoms. The summed E-state index contributed by atoms with van der Waals surface area (Å²) in [4.78, 5) is 26.5. The van der Waals surface area contributed by atoms with Crippen molar-refractivity contribution in [1.82, 2.24) is 10.1 Å². The van der Waals surface area contributed by atoms with Gasteiger partial charge in [0.05, 0.1) is 21.9 Å². The fraction of sp³-hybridized carbons (Fsp3) is 0.412. The van der Waals surface area contributed by atoms with Crippen LogP contribution in [0.4, 0.5) is 11.4 Å². The van der Waals surface area contributed by atoms with Gasteiger partial charge in [0.15, 0.2) is 0 Å². The van der Waals surface area contributed by atoms with Gasteiger partial charge in [-0.15, -0.1) is 0 Å². The number of amides is 1. The van der Waals surface area contributed by atoms with Crippen LogP contribution < -0.4 is 10.6 Å². The lowest BCUT2D eigenvalue weighted by Crippen LogP contribution is -2.46. The summed E-state index contributed by atoms with van der Waals surface area (Å²) in [6.07, 6.45) is 0. The molecule has 0 spiro atoms. The summed E-state index contributed by atoms with van der Waals surface area (Å²) in [5.41, 5.74) is 8.11. The number of primary amides is 1. The number of piperazine rings is 1. The van der Waals surface area contributed by atoms with Crippen LogP contribution in [0.2, 0.25) is 0 Å². The number of anilines is 1. The fourth-order valence-corrected chi connectivity index (χ4v) is 3.21. The minimum atomic E-state index is -0.665. The van der Waals surface area contributed by atoms with Gasteiger partial charge in [-0.2, -0.15) is 0 Å². The van der Waals surface area contributed by atoms with Crippen molar-refractivity contribution in [2.24, 2.45) is 5.73 Å². The van der Waals surface area contributed by atoms with Crippen molar-refractivity contribution in [3.05, 3.63) is 50.9 Å². The number of carbonyl (C=O) groups is 1. The number of nitrogens with zero attached hydrogens (tertiary/aromatic N) is 4. The van der Waals surface area contributed by atoms with Crippen molar-refractivity contribution < 1.29 is 14.2 Å². The van der Waals surface area contributed by atoms with E-state index in [2.05, 4.69) is 10.1 Å². The van der Waals surface area contributed by atoms with Gasteiger partial charge in [-0.1, -0.05) is 5.16 Å². The SMILES string of the molecule is Cc1noc(C)c1CN1CCN(c2ccc([N+](=O)[O-])cc2C(N)=O)CC1. The summed E-state index contributed by atoms with van der Waals surface area (Å²) >= 11 is 0. The van der Waals surface area contributed by atoms with E-state index < -0.39 is 10.8 Å². The molecule has 0 saturated carbocycles. The normalized spacial score (nSPS) is 15.2. The summed E-state index contributed by atoms with van der Waals surface area (Å²) in [6.45, 7) is 7.57. The van der Waals surface area contributed by atoms with Gasteiger partial charge in [0, 0.05) is 50.4 Å². The van der Waals surface area contributed by atoms with E-state index in [1.54, 1.807) is 6.07 Å². The summed E-state index contributed by atoms with van der Waals surface area (Å²) in [5.74, 6) is 0.165. The lowest BCUT2D eigenvalue weighted by molar-refractivity contribution is -0.384. The number of carbonyl (C=O) groups excluding carboxylic acids is 1. The molecule has 1 aromatic heterocycles. The first kappa shape index (κ1) is 17.9. The summed E-state index contributed by atoms with van der Waals surface area (Å²) in [6, 6.07) is 4.24. The Morgan fingerprint density at radius 3 is 2.54 bits per heavy atom. The monoisotopic (exact) mass is 359 g/mol. The van der Waals surface area contributed by atoms with Crippen molar-refractivity contribution in [2.45, 2.75) is 20.4 Å². The predicted octanol–water partition coefficient (Wildman–Crippen LogP) is 1.62. The van der Waals surface area contributed by atoms with Crippen LogP contribution in [0.1, 0.15) is 27.4 Å². The van der Waals surface area contributed by atoms with Gasteiger partial charge in [0.2, 0.25) is 0 Å². The van der Waals surface area contributed by atoms with E-state index >= 15 is 0 Å². The van der Waals surface area contributed by atoms with E-state index in [-0.39, 0.29) is 11.3 Å². The molecule has 0 bridgehead atoms. The number of benzene rings is 1. The number of aromatic nitrogens is 1. The Balaban J connectivity index is 1.72. The Labute approximate surface area is 150 Å². The lowest BCUT2D eigenvalue weighted by Gasteiger charge is -2.36. The van der Waals surface area contributed by atoms with Gasteiger partial charge < -0.3 is 15.2 Å². The molecule has 3 rings (SSSR count). The maximum absolute atomic E-state index is 11.7. The van der Waals surface area contributed by atoms with Crippen molar-refractivity contribution in [3.63, 3.8) is 0 Å². The molecule has 1 aliphatic heterocycles. The van der Waals surface area contributed by atoms with Crippen LogP contribution >= 0.6 is 0 Å². The third-order valence-electron chi connectivity index (χ3n) is 4.73. The second-order valence-electron chi connectivity index (χ2n) is 6.39. The molecule has 2 heterocycles. The first-order valence-corrected chi connectivity index (χ1v) is 8.34. The Hall–Kier alpha value is -2.94. The first-order chi connectivity index (χ1) is 12.4. The molecule has 1 saturated heterocycles. The van der Waals surface area contributed by atoms with E-state index in [0.717, 1.165) is 36.7 Å². The van der Waals surface area contributed by atoms with Gasteiger partial charge in [0.25, 0.3) is 11.6 Å². The van der Waals surface area contributed by atoms with Crippen molar-refractivity contribution in [2.75, 3.05) is 31.1 Å². The van der Waals surface area contributed by atoms with E-state index in [9.17, 15) is 14.9 Å². The molecule has 1 amide bonds. The Kier molecular flexibility index (Phi) is 4.90. The third-order valence-corrected chi connectivity index (χ3v) is 4.73. The highest BCUT2D eigenvalue weighted by Gasteiger charge is 2.24. The molecule has 2 N–H and O–H groups in total. The molecule has 1 fully saturated rings. The molecule has 1 aromatic carbocycles. The van der Waals surface area contributed by atoms with Gasteiger partial charge in [-0.25, -0.2) is 0 Å². The van der Waals surface area contributed by atoms with Crippen molar-refractivity contribution >= 4 is 17.3 Å². The molecular weight excluding hydrogens is 338 g/mol. The largest absolute Gasteiger partial charge is 0.368 e. The topological polar surface area (TPSA) is 119 Å². The zero-order valence-corrected chi connectivity index (χ0v) is 14.8. The minimum Gasteiger partial charge on any atom is -0.368 e. The van der Waals surface area contributed by atoms with Crippen LogP contribution in [0.25, 0.3) is 0 Å². The highest BCUT2D eigenvalue weighted by atomic mass is 16.6. The van der Waals surface area contributed by atoms with Gasteiger partial charge >= 0.3 is 0 Å². The number of hydrogen-bond donors (Lipinski definition) is 1. The van der Waals surface area contributed by atoms with Gasteiger partial charge in [-0.05, 0) is 19.9 Å². The number of nitro benzene ring substituents is 1. The predicted molar refractivity (Wildman–Crippen MR) is 95.1 cm³/mol. The Morgan fingerprint density at radius 1 is 1.31 bits per heavy atom. The van der Waals surface area contributed by atoms with Gasteiger partial charge in [0.1, 0.15) is 5.76 Å². The molecule has 138 valence electrons. The number of nitrogens with two attached hydrogens (primary N) is 1. The molecule has 0 radical (unpaired) electrons. The highest BCUT2D eigenvalue weighted by molar-refractivity contribution is 5.99. The quantitative estimate of drug-likeness (QED) is 0.636. The summed E-state index contributed by atoms with van der Waals surface area (Å²) in [7, 11) is 0.